The van der Waals surface area contributed by atoms with Gasteiger partial charge < -0.3 is 18.0 Å². The molecule has 0 aliphatic rings. The molecule has 4 heteroatoms. The van der Waals surface area contributed by atoms with Crippen LogP contribution in [0.4, 0.5) is 0 Å². The normalized spacial score (nSPS) is 12.1. The maximum absolute atomic E-state index is 6.79. The number of fused-ring (bicyclic) bond motifs is 12. The molecule has 13 rings (SSSR count). The average Bonchev–Trinajstić information content (AvgIpc) is 4.03. The molecule has 4 aromatic heterocycles. The van der Waals surface area contributed by atoms with Crippen molar-refractivity contribution in [3.63, 3.8) is 0 Å². The SMILES string of the molecule is c1ccc(-n2c3ccccc3c3cc(-c4cccc5c6ccccc6n(-c6ccc7oc8ccccc8c7c6)c45)c(-c4cccc5c4oc4ccccc45)cc32)cc1. The van der Waals surface area contributed by atoms with E-state index in [4.69, 9.17) is 8.83 Å². The number of furan rings is 2. The molecule has 4 nitrogen and oxygen atoms in total. The van der Waals surface area contributed by atoms with E-state index in [2.05, 4.69) is 185 Å². The molecule has 0 saturated carbocycles. The fourth-order valence-corrected chi connectivity index (χ4v) is 9.63. The molecule has 0 saturated heterocycles. The summed E-state index contributed by atoms with van der Waals surface area (Å²) >= 11 is 0. The van der Waals surface area contributed by atoms with Crippen molar-refractivity contribution in [1.29, 1.82) is 0 Å². The van der Waals surface area contributed by atoms with Gasteiger partial charge >= 0.3 is 0 Å². The minimum atomic E-state index is 0.882. The number of hydrogen-bond acceptors (Lipinski definition) is 2. The van der Waals surface area contributed by atoms with Crippen LogP contribution in [0.15, 0.2) is 203 Å². The van der Waals surface area contributed by atoms with Gasteiger partial charge in [0.1, 0.15) is 22.3 Å². The standard InChI is InChI=1S/C54H32N2O2/c1-2-14-33(15-3-1)55-47-24-8-5-17-36(47)45-31-43(44(32-49(45)55)42-23-13-22-41-37-18-6-11-27-51(37)58-54(41)42)40-21-12-20-39-35-16-4-9-25-48(35)56(53(39)40)34-28-29-52-46(30-34)38-19-7-10-26-50(38)57-52/h1-32H. The lowest BCUT2D eigenvalue weighted by molar-refractivity contribution is 0.669. The maximum Gasteiger partial charge on any atom is 0.143 e. The summed E-state index contributed by atoms with van der Waals surface area (Å²) in [6.45, 7) is 0. The van der Waals surface area contributed by atoms with Crippen LogP contribution >= 0.6 is 0 Å². The first kappa shape index (κ1) is 31.4. The van der Waals surface area contributed by atoms with Crippen molar-refractivity contribution in [3.05, 3.63) is 194 Å². The maximum atomic E-state index is 6.79. The van der Waals surface area contributed by atoms with Crippen LogP contribution in [0, 0.1) is 0 Å². The minimum absolute atomic E-state index is 0.882. The monoisotopic (exact) mass is 740 g/mol. The molecule has 0 aliphatic heterocycles. The predicted molar refractivity (Wildman–Crippen MR) is 241 cm³/mol. The van der Waals surface area contributed by atoms with Crippen LogP contribution < -0.4 is 0 Å². The van der Waals surface area contributed by atoms with Gasteiger partial charge in [0.25, 0.3) is 0 Å². The summed E-state index contributed by atoms with van der Waals surface area (Å²) in [5.74, 6) is 0. The molecule has 0 bridgehead atoms. The van der Waals surface area contributed by atoms with Crippen LogP contribution in [0.5, 0.6) is 0 Å². The fourth-order valence-electron chi connectivity index (χ4n) is 9.63. The molecule has 0 fully saturated rings. The van der Waals surface area contributed by atoms with E-state index in [-0.39, 0.29) is 0 Å². The van der Waals surface area contributed by atoms with E-state index < -0.39 is 0 Å². The van der Waals surface area contributed by atoms with Gasteiger partial charge in [-0.3, -0.25) is 0 Å². The van der Waals surface area contributed by atoms with Gasteiger partial charge in [-0.1, -0.05) is 127 Å². The Morgan fingerprint density at radius 3 is 1.64 bits per heavy atom. The molecule has 0 radical (unpaired) electrons. The molecule has 9 aromatic carbocycles. The summed E-state index contributed by atoms with van der Waals surface area (Å²) in [5, 5.41) is 9.25. The van der Waals surface area contributed by atoms with E-state index >= 15 is 0 Å². The Hall–Kier alpha value is -7.82. The minimum Gasteiger partial charge on any atom is -0.456 e. The Morgan fingerprint density at radius 1 is 0.276 bits per heavy atom. The van der Waals surface area contributed by atoms with Crippen molar-refractivity contribution in [2.75, 3.05) is 0 Å². The molecule has 270 valence electrons. The van der Waals surface area contributed by atoms with Crippen LogP contribution in [0.3, 0.4) is 0 Å². The van der Waals surface area contributed by atoms with Crippen molar-refractivity contribution in [1.82, 2.24) is 9.13 Å². The molecule has 0 spiro atoms. The fraction of sp³-hybridized carbons (Fsp3) is 0. The first-order valence-electron chi connectivity index (χ1n) is 19.8. The van der Waals surface area contributed by atoms with E-state index in [0.29, 0.717) is 0 Å². The molecular formula is C54H32N2O2. The zero-order valence-electron chi connectivity index (χ0n) is 31.2. The second kappa shape index (κ2) is 11.8. The van der Waals surface area contributed by atoms with Gasteiger partial charge in [0.15, 0.2) is 0 Å². The van der Waals surface area contributed by atoms with Crippen LogP contribution in [0.2, 0.25) is 0 Å². The lowest BCUT2D eigenvalue weighted by Crippen LogP contribution is -1.97. The zero-order chi connectivity index (χ0) is 37.9. The third-order valence-corrected chi connectivity index (χ3v) is 12.1. The Kier molecular flexibility index (Phi) is 6.41. The van der Waals surface area contributed by atoms with Gasteiger partial charge in [-0.15, -0.1) is 0 Å². The van der Waals surface area contributed by atoms with E-state index in [9.17, 15) is 0 Å². The number of nitrogens with zero attached hydrogens (tertiary/aromatic N) is 2. The summed E-state index contributed by atoms with van der Waals surface area (Å²) in [6.07, 6.45) is 0. The molecule has 0 unspecified atom stereocenters. The molecule has 4 heterocycles. The summed E-state index contributed by atoms with van der Waals surface area (Å²) in [5.41, 5.74) is 14.8. The quantitative estimate of drug-likeness (QED) is 0.180. The summed E-state index contributed by atoms with van der Waals surface area (Å²) < 4.78 is 17.9. The highest BCUT2D eigenvalue weighted by atomic mass is 16.3. The summed E-state index contributed by atoms with van der Waals surface area (Å²) in [7, 11) is 0. The number of para-hydroxylation sites is 7. The predicted octanol–water partition coefficient (Wildman–Crippen LogP) is 15.0. The lowest BCUT2D eigenvalue weighted by atomic mass is 9.90. The first-order chi connectivity index (χ1) is 28.8. The van der Waals surface area contributed by atoms with Gasteiger partial charge in [-0.25, -0.2) is 0 Å². The highest BCUT2D eigenvalue weighted by molar-refractivity contribution is 6.19. The molecule has 0 aliphatic carbocycles. The second-order valence-corrected chi connectivity index (χ2v) is 15.2. The largest absolute Gasteiger partial charge is 0.456 e. The molecular weight excluding hydrogens is 709 g/mol. The number of benzene rings is 9. The van der Waals surface area contributed by atoms with E-state index in [1.165, 1.54) is 27.1 Å². The lowest BCUT2D eigenvalue weighted by Gasteiger charge is -2.17. The first-order valence-corrected chi connectivity index (χ1v) is 19.8. The second-order valence-electron chi connectivity index (χ2n) is 15.2. The molecule has 0 atom stereocenters. The van der Waals surface area contributed by atoms with Gasteiger partial charge in [-0.2, -0.15) is 0 Å². The highest BCUT2D eigenvalue weighted by Crippen LogP contribution is 2.47. The number of aromatic nitrogens is 2. The smallest absolute Gasteiger partial charge is 0.143 e. The molecule has 58 heavy (non-hydrogen) atoms. The average molecular weight is 741 g/mol. The third-order valence-electron chi connectivity index (χ3n) is 12.1. The van der Waals surface area contributed by atoms with E-state index in [0.717, 1.165) is 94.1 Å². The van der Waals surface area contributed by atoms with Crippen LogP contribution in [0.25, 0.3) is 121 Å². The van der Waals surface area contributed by atoms with Crippen molar-refractivity contribution < 1.29 is 8.83 Å². The van der Waals surface area contributed by atoms with Crippen LogP contribution in [-0.2, 0) is 0 Å². The summed E-state index contributed by atoms with van der Waals surface area (Å²) in [6, 6.07) is 69.7. The van der Waals surface area contributed by atoms with E-state index in [1.54, 1.807) is 0 Å². The van der Waals surface area contributed by atoms with Crippen molar-refractivity contribution in [2.24, 2.45) is 0 Å². The van der Waals surface area contributed by atoms with Gasteiger partial charge in [0, 0.05) is 65.6 Å². The van der Waals surface area contributed by atoms with Gasteiger partial charge in [-0.05, 0) is 77.9 Å². The van der Waals surface area contributed by atoms with Gasteiger partial charge in [0.05, 0.1) is 22.1 Å². The Labute approximate surface area is 332 Å². The van der Waals surface area contributed by atoms with Crippen molar-refractivity contribution in [3.8, 4) is 33.6 Å². The number of hydrogen-bond donors (Lipinski definition) is 0. The summed E-state index contributed by atoms with van der Waals surface area (Å²) in [4.78, 5) is 0. The Morgan fingerprint density at radius 2 is 0.845 bits per heavy atom. The van der Waals surface area contributed by atoms with Crippen molar-refractivity contribution >= 4 is 87.5 Å². The number of rotatable bonds is 4. The molecule has 0 amide bonds. The van der Waals surface area contributed by atoms with Crippen molar-refractivity contribution in [2.45, 2.75) is 0 Å². The molecule has 0 N–H and O–H groups in total. The molecule has 13 aromatic rings. The van der Waals surface area contributed by atoms with E-state index in [1.807, 2.05) is 18.2 Å². The Bertz CT molecular complexity index is 3800. The third kappa shape index (κ3) is 4.34. The zero-order valence-corrected chi connectivity index (χ0v) is 31.2. The topological polar surface area (TPSA) is 36.1 Å². The highest BCUT2D eigenvalue weighted by Gasteiger charge is 2.24. The Balaban J connectivity index is 1.19. The van der Waals surface area contributed by atoms with Crippen LogP contribution in [0.1, 0.15) is 0 Å². The van der Waals surface area contributed by atoms with Crippen LogP contribution in [-0.4, -0.2) is 9.13 Å². The van der Waals surface area contributed by atoms with Gasteiger partial charge in [0.2, 0.25) is 0 Å².